The standard InChI is InChI=1S/C28H56OSi2/c1-4-5-6-7-8-18-25-30(2,3)29-31(26-19-12-9-13-20-26,27-21-14-10-15-22-27)28-23-16-11-17-24-28/h26-28H,4-25H2,1-3H3. The molecule has 0 bridgehead atoms. The highest BCUT2D eigenvalue weighted by Gasteiger charge is 2.56. The maximum Gasteiger partial charge on any atom is 0.189 e. The van der Waals surface area contributed by atoms with E-state index in [-0.39, 0.29) is 0 Å². The van der Waals surface area contributed by atoms with Gasteiger partial charge in [-0.15, -0.1) is 0 Å². The monoisotopic (exact) mass is 464 g/mol. The zero-order valence-corrected chi connectivity index (χ0v) is 23.7. The van der Waals surface area contributed by atoms with Gasteiger partial charge < -0.3 is 4.12 Å². The van der Waals surface area contributed by atoms with Gasteiger partial charge in [-0.1, -0.05) is 142 Å². The van der Waals surface area contributed by atoms with Crippen LogP contribution in [0.25, 0.3) is 0 Å². The van der Waals surface area contributed by atoms with Gasteiger partial charge in [0.15, 0.2) is 16.6 Å². The second kappa shape index (κ2) is 13.3. The van der Waals surface area contributed by atoms with E-state index in [4.69, 9.17) is 4.12 Å². The average molecular weight is 465 g/mol. The minimum absolute atomic E-state index is 1.00. The van der Waals surface area contributed by atoms with Crippen molar-refractivity contribution in [2.24, 2.45) is 0 Å². The molecular formula is C28H56OSi2. The van der Waals surface area contributed by atoms with Crippen LogP contribution in [-0.4, -0.2) is 16.6 Å². The Morgan fingerprint density at radius 3 is 1.35 bits per heavy atom. The Labute approximate surface area is 198 Å². The summed E-state index contributed by atoms with van der Waals surface area (Å²) in [6, 6.07) is 1.43. The van der Waals surface area contributed by atoms with Crippen LogP contribution in [0, 0.1) is 0 Å². The minimum atomic E-state index is -1.75. The summed E-state index contributed by atoms with van der Waals surface area (Å²) in [4.78, 5) is 0. The quantitative estimate of drug-likeness (QED) is 0.206. The van der Waals surface area contributed by atoms with E-state index in [0.717, 1.165) is 16.6 Å². The molecule has 3 heteroatoms. The fourth-order valence-corrected chi connectivity index (χ4v) is 21.0. The van der Waals surface area contributed by atoms with Crippen LogP contribution in [0.15, 0.2) is 0 Å². The minimum Gasteiger partial charge on any atom is -0.455 e. The van der Waals surface area contributed by atoms with Gasteiger partial charge in [-0.2, -0.15) is 0 Å². The molecule has 0 aromatic heterocycles. The Morgan fingerprint density at radius 1 is 0.548 bits per heavy atom. The van der Waals surface area contributed by atoms with Crippen LogP contribution in [0.2, 0.25) is 35.8 Å². The molecule has 0 aromatic carbocycles. The molecule has 31 heavy (non-hydrogen) atoms. The van der Waals surface area contributed by atoms with E-state index in [0.29, 0.717) is 0 Å². The van der Waals surface area contributed by atoms with Gasteiger partial charge in [-0.3, -0.25) is 0 Å². The molecule has 0 heterocycles. The summed E-state index contributed by atoms with van der Waals surface area (Å²) >= 11 is 0. The molecule has 3 fully saturated rings. The van der Waals surface area contributed by atoms with Gasteiger partial charge in [0.25, 0.3) is 0 Å². The van der Waals surface area contributed by atoms with Crippen LogP contribution in [0.1, 0.15) is 142 Å². The number of unbranched alkanes of at least 4 members (excludes halogenated alkanes) is 5. The van der Waals surface area contributed by atoms with Crippen LogP contribution in [-0.2, 0) is 4.12 Å². The second-order valence-corrected chi connectivity index (χ2v) is 21.2. The van der Waals surface area contributed by atoms with Crippen molar-refractivity contribution in [3.05, 3.63) is 0 Å². The maximum absolute atomic E-state index is 7.95. The van der Waals surface area contributed by atoms with E-state index in [2.05, 4.69) is 20.0 Å². The van der Waals surface area contributed by atoms with Crippen LogP contribution < -0.4 is 0 Å². The molecule has 182 valence electrons. The van der Waals surface area contributed by atoms with Crippen molar-refractivity contribution in [1.82, 2.24) is 0 Å². The van der Waals surface area contributed by atoms with Gasteiger partial charge in [0.1, 0.15) is 0 Å². The van der Waals surface area contributed by atoms with Gasteiger partial charge in [0.2, 0.25) is 0 Å². The molecule has 0 atom stereocenters. The normalized spacial score (nSPS) is 23.3. The SMILES string of the molecule is CCCCCCCC[Si](C)(C)O[Si](C1CCCCC1)(C1CCCCC1)C1CCCCC1. The summed E-state index contributed by atoms with van der Waals surface area (Å²) in [5.74, 6) is 0. The molecule has 3 rings (SSSR count). The zero-order valence-electron chi connectivity index (χ0n) is 21.7. The summed E-state index contributed by atoms with van der Waals surface area (Å²) in [6.45, 7) is 7.60. The Kier molecular flexibility index (Phi) is 11.2. The van der Waals surface area contributed by atoms with Crippen molar-refractivity contribution < 1.29 is 4.12 Å². The van der Waals surface area contributed by atoms with Gasteiger partial charge >= 0.3 is 0 Å². The molecule has 3 aliphatic carbocycles. The highest BCUT2D eigenvalue weighted by atomic mass is 28.4. The fraction of sp³-hybridized carbons (Fsp3) is 1.00. The highest BCUT2D eigenvalue weighted by molar-refractivity contribution is 6.88. The van der Waals surface area contributed by atoms with Crippen LogP contribution in [0.3, 0.4) is 0 Å². The molecule has 0 aromatic rings. The number of hydrogen-bond donors (Lipinski definition) is 0. The van der Waals surface area contributed by atoms with E-state index in [9.17, 15) is 0 Å². The van der Waals surface area contributed by atoms with Gasteiger partial charge in [-0.05, 0) is 35.8 Å². The van der Waals surface area contributed by atoms with E-state index < -0.39 is 16.6 Å². The Hall–Kier alpha value is 0.394. The molecular weight excluding hydrogens is 408 g/mol. The predicted molar refractivity (Wildman–Crippen MR) is 143 cm³/mol. The molecule has 0 radical (unpaired) electrons. The summed E-state index contributed by atoms with van der Waals surface area (Å²) in [7, 11) is -3.35. The predicted octanol–water partition coefficient (Wildman–Crippen LogP) is 10.5. The van der Waals surface area contributed by atoms with E-state index in [1.54, 1.807) is 0 Å². The van der Waals surface area contributed by atoms with E-state index >= 15 is 0 Å². The first-order valence-electron chi connectivity index (χ1n) is 14.8. The largest absolute Gasteiger partial charge is 0.455 e. The molecule has 0 saturated heterocycles. The summed E-state index contributed by atoms with van der Waals surface area (Å²) in [5, 5.41) is 0. The molecule has 3 aliphatic rings. The topological polar surface area (TPSA) is 9.23 Å². The van der Waals surface area contributed by atoms with Crippen molar-refractivity contribution in [2.45, 2.75) is 178 Å². The lowest BCUT2D eigenvalue weighted by atomic mass is 9.98. The average Bonchev–Trinajstić information content (AvgIpc) is 2.81. The van der Waals surface area contributed by atoms with Crippen molar-refractivity contribution in [1.29, 1.82) is 0 Å². The number of hydrogen-bond acceptors (Lipinski definition) is 1. The van der Waals surface area contributed by atoms with Gasteiger partial charge in [0.05, 0.1) is 0 Å². The molecule has 0 amide bonds. The zero-order chi connectivity index (χ0) is 22.0. The van der Waals surface area contributed by atoms with Crippen LogP contribution in [0.5, 0.6) is 0 Å². The highest BCUT2D eigenvalue weighted by Crippen LogP contribution is 2.58. The van der Waals surface area contributed by atoms with Crippen LogP contribution in [0.4, 0.5) is 0 Å². The Balaban J connectivity index is 1.77. The molecule has 0 aliphatic heterocycles. The summed E-state index contributed by atoms with van der Waals surface area (Å²) in [5.41, 5.74) is 3.01. The summed E-state index contributed by atoms with van der Waals surface area (Å²) in [6.07, 6.45) is 31.2. The molecule has 1 nitrogen and oxygen atoms in total. The lowest BCUT2D eigenvalue weighted by molar-refractivity contribution is 0.339. The van der Waals surface area contributed by atoms with Gasteiger partial charge in [0, 0.05) is 0 Å². The first-order chi connectivity index (χ1) is 15.1. The molecule has 3 saturated carbocycles. The Bertz CT molecular complexity index is 428. The lowest BCUT2D eigenvalue weighted by Gasteiger charge is -2.55. The van der Waals surface area contributed by atoms with E-state index in [1.165, 1.54) is 141 Å². The third-order valence-electron chi connectivity index (χ3n) is 9.32. The van der Waals surface area contributed by atoms with E-state index in [1.807, 2.05) is 0 Å². The van der Waals surface area contributed by atoms with Gasteiger partial charge in [-0.25, -0.2) is 0 Å². The van der Waals surface area contributed by atoms with Crippen molar-refractivity contribution >= 4 is 16.6 Å². The van der Waals surface area contributed by atoms with Crippen LogP contribution >= 0.6 is 0 Å². The third kappa shape index (κ3) is 7.44. The maximum atomic E-state index is 7.95. The molecule has 0 spiro atoms. The summed E-state index contributed by atoms with van der Waals surface area (Å²) < 4.78 is 7.95. The first-order valence-corrected chi connectivity index (χ1v) is 20.0. The number of rotatable bonds is 12. The van der Waals surface area contributed by atoms with Crippen molar-refractivity contribution in [2.75, 3.05) is 0 Å². The van der Waals surface area contributed by atoms with Crippen molar-refractivity contribution in [3.63, 3.8) is 0 Å². The molecule has 0 unspecified atom stereocenters. The Morgan fingerprint density at radius 2 is 0.935 bits per heavy atom. The fourth-order valence-electron chi connectivity index (χ4n) is 7.77. The third-order valence-corrected chi connectivity index (χ3v) is 20.1. The smallest absolute Gasteiger partial charge is 0.189 e. The van der Waals surface area contributed by atoms with Crippen molar-refractivity contribution in [3.8, 4) is 0 Å². The molecule has 0 N–H and O–H groups in total. The first kappa shape index (κ1) is 26.0. The second-order valence-electron chi connectivity index (χ2n) is 12.2. The lowest BCUT2D eigenvalue weighted by Crippen LogP contribution is -2.59.